The number of aliphatic hydroxyl groups is 2. The number of nitrogens with zero attached hydrogens (tertiary/aromatic N) is 2. The zero-order chi connectivity index (χ0) is 14.3. The van der Waals surface area contributed by atoms with Crippen molar-refractivity contribution in [2.24, 2.45) is 0 Å². The van der Waals surface area contributed by atoms with E-state index in [1.165, 1.54) is 11.3 Å². The molecule has 20 heavy (non-hydrogen) atoms. The Balaban J connectivity index is 1.93. The Kier molecular flexibility index (Phi) is 3.25. The maximum atomic E-state index is 12.2. The predicted octanol–water partition coefficient (Wildman–Crippen LogP) is 1.08. The Morgan fingerprint density at radius 1 is 1.50 bits per heavy atom. The smallest absolute Gasteiger partial charge is 0.262 e. The van der Waals surface area contributed by atoms with Crippen molar-refractivity contribution < 1.29 is 15.0 Å². The summed E-state index contributed by atoms with van der Waals surface area (Å²) in [4.78, 5) is 18.8. The van der Waals surface area contributed by atoms with Crippen molar-refractivity contribution in [2.75, 3.05) is 13.2 Å². The van der Waals surface area contributed by atoms with Gasteiger partial charge in [0.25, 0.3) is 5.91 Å². The molecule has 0 atom stereocenters. The molecule has 1 amide bonds. The number of thiophene rings is 1. The van der Waals surface area contributed by atoms with Crippen molar-refractivity contribution in [1.29, 1.82) is 0 Å². The van der Waals surface area contributed by atoms with Crippen LogP contribution in [0.15, 0.2) is 17.6 Å². The number of hydrogen-bond acceptors (Lipinski definition) is 6. The normalized spacial score (nSPS) is 12.3. The van der Waals surface area contributed by atoms with E-state index >= 15 is 0 Å². The van der Waals surface area contributed by atoms with Crippen LogP contribution in [0.4, 0.5) is 0 Å². The second-order valence-electron chi connectivity index (χ2n) is 4.80. The average Bonchev–Trinajstić information content (AvgIpc) is 3.09. The highest BCUT2D eigenvalue weighted by molar-refractivity contribution is 7.21. The molecule has 0 saturated heterocycles. The minimum Gasteiger partial charge on any atom is -0.394 e. The molecule has 8 heteroatoms. The molecule has 3 heterocycles. The number of rotatable bonds is 4. The lowest BCUT2D eigenvalue weighted by Gasteiger charge is -2.25. The van der Waals surface area contributed by atoms with Crippen LogP contribution in [0.5, 0.6) is 0 Å². The van der Waals surface area contributed by atoms with Gasteiger partial charge in [0.15, 0.2) is 4.96 Å². The highest BCUT2D eigenvalue weighted by Gasteiger charge is 2.26. The Bertz CT molecular complexity index is 769. The van der Waals surface area contributed by atoms with Gasteiger partial charge in [-0.15, -0.1) is 22.7 Å². The van der Waals surface area contributed by atoms with Gasteiger partial charge in [-0.3, -0.25) is 9.20 Å². The molecule has 106 valence electrons. The van der Waals surface area contributed by atoms with Gasteiger partial charge in [-0.2, -0.15) is 0 Å². The third-order valence-corrected chi connectivity index (χ3v) is 4.85. The lowest BCUT2D eigenvalue weighted by molar-refractivity contribution is 0.0727. The molecule has 3 rings (SSSR count). The van der Waals surface area contributed by atoms with E-state index in [1.54, 1.807) is 24.3 Å². The van der Waals surface area contributed by atoms with Crippen molar-refractivity contribution in [3.63, 3.8) is 0 Å². The minimum atomic E-state index is -1.02. The fourth-order valence-electron chi connectivity index (χ4n) is 1.82. The summed E-state index contributed by atoms with van der Waals surface area (Å²) in [5.74, 6) is -0.317. The SMILES string of the molecule is CC(CO)(CO)NC(=O)c1cc2c(nc3sccn32)s1. The van der Waals surface area contributed by atoms with Gasteiger partial charge in [0.2, 0.25) is 0 Å². The average molecular weight is 311 g/mol. The number of amides is 1. The largest absolute Gasteiger partial charge is 0.394 e. The first-order chi connectivity index (χ1) is 9.56. The van der Waals surface area contributed by atoms with Crippen LogP contribution in [-0.4, -0.2) is 44.3 Å². The quantitative estimate of drug-likeness (QED) is 0.673. The fraction of sp³-hybridized carbons (Fsp3) is 0.333. The van der Waals surface area contributed by atoms with E-state index in [-0.39, 0.29) is 19.1 Å². The van der Waals surface area contributed by atoms with Crippen LogP contribution in [0.25, 0.3) is 15.3 Å². The number of imidazole rings is 1. The molecule has 0 aliphatic carbocycles. The van der Waals surface area contributed by atoms with E-state index in [0.29, 0.717) is 4.88 Å². The zero-order valence-electron chi connectivity index (χ0n) is 10.7. The van der Waals surface area contributed by atoms with Gasteiger partial charge >= 0.3 is 0 Å². The van der Waals surface area contributed by atoms with Crippen LogP contribution in [0.2, 0.25) is 0 Å². The summed E-state index contributed by atoms with van der Waals surface area (Å²) in [6, 6.07) is 1.78. The van der Waals surface area contributed by atoms with Crippen LogP contribution in [0, 0.1) is 0 Å². The molecule has 0 spiro atoms. The van der Waals surface area contributed by atoms with Crippen LogP contribution < -0.4 is 5.32 Å². The molecule has 0 radical (unpaired) electrons. The third-order valence-electron chi connectivity index (χ3n) is 3.08. The monoisotopic (exact) mass is 311 g/mol. The standard InChI is InChI=1S/C12H13N3O3S2/c1-12(5-16,6-17)14-9(18)8-4-7-10(20-8)13-11-15(7)2-3-19-11/h2-4,16-17H,5-6H2,1H3,(H,14,18). The number of hydrogen-bond donors (Lipinski definition) is 3. The minimum absolute atomic E-state index is 0.317. The molecular formula is C12H13N3O3S2. The van der Waals surface area contributed by atoms with Gasteiger partial charge in [-0.1, -0.05) is 0 Å². The molecule has 0 bridgehead atoms. The highest BCUT2D eigenvalue weighted by atomic mass is 32.1. The van der Waals surface area contributed by atoms with Crippen molar-refractivity contribution in [1.82, 2.24) is 14.7 Å². The number of aliphatic hydroxyl groups excluding tert-OH is 2. The van der Waals surface area contributed by atoms with Gasteiger partial charge < -0.3 is 15.5 Å². The van der Waals surface area contributed by atoms with Crippen LogP contribution in [-0.2, 0) is 0 Å². The van der Waals surface area contributed by atoms with Gasteiger partial charge in [-0.05, 0) is 13.0 Å². The topological polar surface area (TPSA) is 86.9 Å². The summed E-state index contributed by atoms with van der Waals surface area (Å²) >= 11 is 2.84. The number of thiazole rings is 1. The lowest BCUT2D eigenvalue weighted by Crippen LogP contribution is -2.51. The second-order valence-corrected chi connectivity index (χ2v) is 6.70. The first kappa shape index (κ1) is 13.5. The molecule has 6 nitrogen and oxygen atoms in total. The molecule has 0 aliphatic heterocycles. The van der Waals surface area contributed by atoms with E-state index < -0.39 is 5.54 Å². The van der Waals surface area contributed by atoms with Crippen LogP contribution in [0.1, 0.15) is 16.6 Å². The Hall–Kier alpha value is -1.48. The Labute approximate surface area is 122 Å². The summed E-state index contributed by atoms with van der Waals surface area (Å²) < 4.78 is 1.94. The van der Waals surface area contributed by atoms with E-state index in [2.05, 4.69) is 10.3 Å². The van der Waals surface area contributed by atoms with Gasteiger partial charge in [0, 0.05) is 11.6 Å². The summed E-state index contributed by atoms with van der Waals surface area (Å²) in [6.45, 7) is 0.935. The van der Waals surface area contributed by atoms with Crippen molar-refractivity contribution in [3.05, 3.63) is 22.5 Å². The molecule has 3 aromatic rings. The molecule has 0 saturated carbocycles. The van der Waals surface area contributed by atoms with Crippen molar-refractivity contribution in [3.8, 4) is 0 Å². The first-order valence-corrected chi connectivity index (χ1v) is 7.65. The van der Waals surface area contributed by atoms with E-state index in [0.717, 1.165) is 15.3 Å². The maximum Gasteiger partial charge on any atom is 0.262 e. The van der Waals surface area contributed by atoms with Gasteiger partial charge in [0.1, 0.15) is 4.83 Å². The number of nitrogens with one attached hydrogen (secondary N) is 1. The molecule has 3 aromatic heterocycles. The maximum absolute atomic E-state index is 12.2. The summed E-state index contributed by atoms with van der Waals surface area (Å²) in [6.07, 6.45) is 1.91. The molecule has 3 N–H and O–H groups in total. The first-order valence-electron chi connectivity index (χ1n) is 5.96. The summed E-state index contributed by atoms with van der Waals surface area (Å²) in [5.41, 5.74) is -0.130. The second kappa shape index (κ2) is 4.81. The van der Waals surface area contributed by atoms with Crippen LogP contribution in [0.3, 0.4) is 0 Å². The van der Waals surface area contributed by atoms with E-state index in [9.17, 15) is 15.0 Å². The van der Waals surface area contributed by atoms with Gasteiger partial charge in [-0.25, -0.2) is 4.98 Å². The summed E-state index contributed by atoms with van der Waals surface area (Å²) in [5, 5.41) is 23.0. The Morgan fingerprint density at radius 3 is 2.95 bits per heavy atom. The fourth-order valence-corrected chi connectivity index (χ4v) is 3.52. The third kappa shape index (κ3) is 2.10. The zero-order valence-corrected chi connectivity index (χ0v) is 12.3. The number of fused-ring (bicyclic) bond motifs is 3. The Morgan fingerprint density at radius 2 is 2.25 bits per heavy atom. The molecule has 0 unspecified atom stereocenters. The number of aromatic nitrogens is 2. The summed E-state index contributed by atoms with van der Waals surface area (Å²) in [7, 11) is 0. The van der Waals surface area contributed by atoms with Crippen molar-refractivity contribution in [2.45, 2.75) is 12.5 Å². The highest BCUT2D eigenvalue weighted by Crippen LogP contribution is 2.28. The molecule has 0 aliphatic rings. The van der Waals surface area contributed by atoms with Gasteiger partial charge in [0.05, 0.1) is 29.1 Å². The molecule has 0 aromatic carbocycles. The number of carbonyl (C=O) groups excluding carboxylic acids is 1. The molecular weight excluding hydrogens is 298 g/mol. The molecule has 0 fully saturated rings. The van der Waals surface area contributed by atoms with Crippen LogP contribution >= 0.6 is 22.7 Å². The van der Waals surface area contributed by atoms with E-state index in [1.807, 2.05) is 16.0 Å². The van der Waals surface area contributed by atoms with Crippen molar-refractivity contribution >= 4 is 43.9 Å². The number of carbonyl (C=O) groups is 1. The lowest BCUT2D eigenvalue weighted by atomic mass is 10.1. The predicted molar refractivity (Wildman–Crippen MR) is 78.5 cm³/mol. The van der Waals surface area contributed by atoms with E-state index in [4.69, 9.17) is 0 Å².